The zero-order chi connectivity index (χ0) is 9.26. The fourth-order valence-corrected chi connectivity index (χ4v) is 1.74. The van der Waals surface area contributed by atoms with Gasteiger partial charge in [0.2, 0.25) is 0 Å². The van der Waals surface area contributed by atoms with Crippen molar-refractivity contribution in [3.63, 3.8) is 0 Å². The Bertz CT molecular complexity index is 335. The van der Waals surface area contributed by atoms with Gasteiger partial charge in [-0.3, -0.25) is 10.5 Å². The molecular weight excluding hydrogens is 164 g/mol. The lowest BCUT2D eigenvalue weighted by Gasteiger charge is -2.23. The molecule has 0 saturated heterocycles. The number of nitrogens with one attached hydrogen (secondary N) is 2. The Labute approximate surface area is 76.9 Å². The normalized spacial score (nSPS) is 20.8. The van der Waals surface area contributed by atoms with E-state index in [0.29, 0.717) is 0 Å². The lowest BCUT2D eigenvalue weighted by Crippen LogP contribution is -2.35. The summed E-state index contributed by atoms with van der Waals surface area (Å²) in [6.07, 6.45) is 0.944. The molecule has 3 heteroatoms. The van der Waals surface area contributed by atoms with Gasteiger partial charge >= 0.3 is 0 Å². The van der Waals surface area contributed by atoms with Crippen molar-refractivity contribution in [3.8, 4) is 0 Å². The molecule has 0 aromatic heterocycles. The summed E-state index contributed by atoms with van der Waals surface area (Å²) in [4.78, 5) is 11.0. The zero-order valence-corrected chi connectivity index (χ0v) is 7.21. The Kier molecular flexibility index (Phi) is 2.02. The molecular formula is C10H11N2O. The van der Waals surface area contributed by atoms with Gasteiger partial charge in [-0.05, 0) is 17.5 Å². The van der Waals surface area contributed by atoms with E-state index in [1.54, 1.807) is 0 Å². The smallest absolute Gasteiger partial charge is 0.260 e. The van der Waals surface area contributed by atoms with Crippen LogP contribution in [0.15, 0.2) is 24.3 Å². The third kappa shape index (κ3) is 1.42. The number of fused-ring (bicyclic) bond motifs is 1. The Hall–Kier alpha value is -1.35. The average molecular weight is 175 g/mol. The topological polar surface area (TPSA) is 52.9 Å². The van der Waals surface area contributed by atoms with Gasteiger partial charge in [-0.15, -0.1) is 0 Å². The van der Waals surface area contributed by atoms with Gasteiger partial charge in [0.1, 0.15) is 6.04 Å². The summed E-state index contributed by atoms with van der Waals surface area (Å²) in [5, 5.41) is 3.04. The Morgan fingerprint density at radius 3 is 3.00 bits per heavy atom. The molecule has 1 aliphatic heterocycles. The Balaban J connectivity index is 2.42. The second-order valence-electron chi connectivity index (χ2n) is 3.20. The van der Waals surface area contributed by atoms with Crippen molar-refractivity contribution in [1.29, 1.82) is 0 Å². The van der Waals surface area contributed by atoms with Gasteiger partial charge in [0.15, 0.2) is 0 Å². The minimum atomic E-state index is -0.549. The van der Waals surface area contributed by atoms with Gasteiger partial charge in [-0.1, -0.05) is 24.3 Å². The summed E-state index contributed by atoms with van der Waals surface area (Å²) < 4.78 is 0. The Morgan fingerprint density at radius 1 is 1.46 bits per heavy atom. The first-order valence-corrected chi connectivity index (χ1v) is 4.35. The van der Waals surface area contributed by atoms with Gasteiger partial charge in [0, 0.05) is 6.54 Å². The summed E-state index contributed by atoms with van der Waals surface area (Å²) in [5.74, 6) is -0.549. The van der Waals surface area contributed by atoms with Crippen LogP contribution in [0.5, 0.6) is 0 Å². The number of amides is 1. The van der Waals surface area contributed by atoms with Gasteiger partial charge < -0.3 is 5.32 Å². The van der Waals surface area contributed by atoms with E-state index in [0.717, 1.165) is 18.5 Å². The van der Waals surface area contributed by atoms with E-state index >= 15 is 0 Å². The molecule has 2 N–H and O–H groups in total. The maximum Gasteiger partial charge on any atom is 0.260 e. The number of carbonyl (C=O) groups is 1. The first kappa shape index (κ1) is 8.26. The van der Waals surface area contributed by atoms with E-state index in [1.807, 2.05) is 24.3 Å². The van der Waals surface area contributed by atoms with Crippen molar-refractivity contribution in [3.05, 3.63) is 35.4 Å². The van der Waals surface area contributed by atoms with E-state index in [9.17, 15) is 4.79 Å². The second-order valence-corrected chi connectivity index (χ2v) is 3.20. The molecule has 2 rings (SSSR count). The van der Waals surface area contributed by atoms with Crippen molar-refractivity contribution in [1.82, 2.24) is 11.1 Å². The Morgan fingerprint density at radius 2 is 2.23 bits per heavy atom. The molecule has 0 fully saturated rings. The van der Waals surface area contributed by atoms with Crippen molar-refractivity contribution >= 4 is 5.91 Å². The minimum Gasteiger partial charge on any atom is -0.302 e. The molecule has 1 aromatic rings. The van der Waals surface area contributed by atoms with E-state index in [4.69, 9.17) is 5.73 Å². The number of hydrogen-bond donors (Lipinski definition) is 1. The second kappa shape index (κ2) is 3.18. The molecule has 1 heterocycles. The number of benzene rings is 1. The maximum absolute atomic E-state index is 11.0. The van der Waals surface area contributed by atoms with Crippen LogP contribution in [0, 0.1) is 0 Å². The van der Waals surface area contributed by atoms with Crippen LogP contribution in [-0.4, -0.2) is 12.5 Å². The fraction of sp³-hybridized carbons (Fsp3) is 0.300. The van der Waals surface area contributed by atoms with Crippen LogP contribution in [0.4, 0.5) is 0 Å². The van der Waals surface area contributed by atoms with E-state index < -0.39 is 11.9 Å². The molecule has 1 aliphatic rings. The standard InChI is InChI=1S/C10H11N2O/c11-10(13)9-8-4-2-1-3-7(8)5-6-12-9/h1-4,9,11-12H,5-6H2. The molecule has 0 bridgehead atoms. The first-order valence-electron chi connectivity index (χ1n) is 4.35. The first-order chi connectivity index (χ1) is 6.29. The zero-order valence-electron chi connectivity index (χ0n) is 7.21. The average Bonchev–Trinajstić information content (AvgIpc) is 2.17. The highest BCUT2D eigenvalue weighted by Crippen LogP contribution is 2.22. The molecule has 0 saturated carbocycles. The SMILES string of the molecule is [NH]C(=O)C1NCCc2ccccc21. The fourth-order valence-electron chi connectivity index (χ4n) is 1.74. The van der Waals surface area contributed by atoms with Crippen LogP contribution in [0.25, 0.3) is 0 Å². The van der Waals surface area contributed by atoms with E-state index in [1.165, 1.54) is 5.56 Å². The molecule has 1 unspecified atom stereocenters. The highest BCUT2D eigenvalue weighted by molar-refractivity contribution is 5.81. The number of hydrogen-bond acceptors (Lipinski definition) is 2. The number of rotatable bonds is 1. The summed E-state index contributed by atoms with van der Waals surface area (Å²) >= 11 is 0. The van der Waals surface area contributed by atoms with Gasteiger partial charge in [0.25, 0.3) is 5.91 Å². The van der Waals surface area contributed by atoms with Gasteiger partial charge in [-0.25, -0.2) is 0 Å². The predicted octanol–water partition coefficient (Wildman–Crippen LogP) is 0.683. The van der Waals surface area contributed by atoms with E-state index in [-0.39, 0.29) is 0 Å². The van der Waals surface area contributed by atoms with Gasteiger partial charge in [0.05, 0.1) is 0 Å². The summed E-state index contributed by atoms with van der Waals surface area (Å²) in [6, 6.07) is 7.40. The highest BCUT2D eigenvalue weighted by Gasteiger charge is 2.23. The van der Waals surface area contributed by atoms with Crippen LogP contribution in [0.3, 0.4) is 0 Å². The van der Waals surface area contributed by atoms with Crippen molar-refractivity contribution < 1.29 is 4.79 Å². The summed E-state index contributed by atoms with van der Waals surface area (Å²) in [5.41, 5.74) is 9.25. The van der Waals surface area contributed by atoms with Crippen LogP contribution >= 0.6 is 0 Å². The molecule has 67 valence electrons. The van der Waals surface area contributed by atoms with Crippen molar-refractivity contribution in [2.75, 3.05) is 6.54 Å². The molecule has 0 spiro atoms. The number of carbonyl (C=O) groups excluding carboxylic acids is 1. The summed E-state index contributed by atoms with van der Waals surface area (Å²) in [7, 11) is 0. The lowest BCUT2D eigenvalue weighted by molar-refractivity contribution is -0.120. The summed E-state index contributed by atoms with van der Waals surface area (Å²) in [6.45, 7) is 0.784. The molecule has 0 aliphatic carbocycles. The van der Waals surface area contributed by atoms with Crippen LogP contribution < -0.4 is 11.1 Å². The van der Waals surface area contributed by atoms with Gasteiger partial charge in [-0.2, -0.15) is 0 Å². The quantitative estimate of drug-likeness (QED) is 0.682. The van der Waals surface area contributed by atoms with E-state index in [2.05, 4.69) is 5.32 Å². The van der Waals surface area contributed by atoms with Crippen LogP contribution in [-0.2, 0) is 11.2 Å². The van der Waals surface area contributed by atoms with Crippen LogP contribution in [0.1, 0.15) is 17.2 Å². The third-order valence-corrected chi connectivity index (χ3v) is 2.37. The van der Waals surface area contributed by atoms with Crippen molar-refractivity contribution in [2.24, 2.45) is 0 Å². The van der Waals surface area contributed by atoms with Crippen LogP contribution in [0.2, 0.25) is 0 Å². The predicted molar refractivity (Wildman–Crippen MR) is 49.0 cm³/mol. The lowest BCUT2D eigenvalue weighted by atomic mass is 9.94. The monoisotopic (exact) mass is 175 g/mol. The molecule has 1 atom stereocenters. The maximum atomic E-state index is 11.0. The largest absolute Gasteiger partial charge is 0.302 e. The molecule has 1 aromatic carbocycles. The molecule has 3 nitrogen and oxygen atoms in total. The molecule has 1 radical (unpaired) electrons. The third-order valence-electron chi connectivity index (χ3n) is 2.37. The minimum absolute atomic E-state index is 0.412. The molecule has 13 heavy (non-hydrogen) atoms. The highest BCUT2D eigenvalue weighted by atomic mass is 16.1. The molecule has 1 amide bonds. The van der Waals surface area contributed by atoms with Crippen molar-refractivity contribution in [2.45, 2.75) is 12.5 Å².